The first-order chi connectivity index (χ1) is 19.3. The lowest BCUT2D eigenvalue weighted by Gasteiger charge is -2.44. The molecule has 3 aromatic rings. The smallest absolute Gasteiger partial charge is 0.379 e. The molecule has 0 radical (unpaired) electrons. The van der Waals surface area contributed by atoms with Gasteiger partial charge < -0.3 is 14.5 Å². The number of halogens is 5. The van der Waals surface area contributed by atoms with E-state index >= 15 is 0 Å². The van der Waals surface area contributed by atoms with Crippen molar-refractivity contribution in [1.29, 1.82) is 0 Å². The maximum absolute atomic E-state index is 14.8. The van der Waals surface area contributed by atoms with Crippen molar-refractivity contribution in [2.75, 3.05) is 30.9 Å². The third kappa shape index (κ3) is 5.21. The number of aromatic nitrogens is 2. The highest BCUT2D eigenvalue weighted by molar-refractivity contribution is 7.99. The molecule has 7 nitrogen and oxygen atoms in total. The molecule has 41 heavy (non-hydrogen) atoms. The number of hydrogen-bond acceptors (Lipinski definition) is 6. The summed E-state index contributed by atoms with van der Waals surface area (Å²) < 4.78 is 65.3. The van der Waals surface area contributed by atoms with Crippen LogP contribution in [-0.4, -0.2) is 64.5 Å². The van der Waals surface area contributed by atoms with Crippen LogP contribution in [-0.2, 0) is 22.3 Å². The fraction of sp³-hybridized carbons (Fsp3) is 0.393. The Kier molecular flexibility index (Phi) is 7.86. The Morgan fingerprint density at radius 1 is 1.20 bits per heavy atom. The minimum absolute atomic E-state index is 0.0696. The lowest BCUT2D eigenvalue weighted by molar-refractivity contribution is -0.137. The predicted molar refractivity (Wildman–Crippen MR) is 151 cm³/mol. The number of thioether (sulfide) groups is 1. The molecule has 1 aromatic heterocycles. The number of alkyl halides is 3. The highest BCUT2D eigenvalue weighted by atomic mass is 35.5. The lowest BCUT2D eigenvalue weighted by atomic mass is 9.96. The second kappa shape index (κ2) is 11.0. The molecule has 1 saturated heterocycles. The Morgan fingerprint density at radius 3 is 2.46 bits per heavy atom. The van der Waals surface area contributed by atoms with Crippen LogP contribution in [0.3, 0.4) is 0 Å². The van der Waals surface area contributed by atoms with Gasteiger partial charge in [-0.05, 0) is 43.7 Å². The summed E-state index contributed by atoms with van der Waals surface area (Å²) >= 11 is 7.14. The number of hydrogen-bond donors (Lipinski definition) is 0. The third-order valence-electron chi connectivity index (χ3n) is 7.49. The van der Waals surface area contributed by atoms with Crippen LogP contribution in [0.1, 0.15) is 19.4 Å². The molecular formula is C28H27ClF4N4O3S. The molecule has 1 amide bonds. The van der Waals surface area contributed by atoms with Gasteiger partial charge in [0.25, 0.3) is 0 Å². The van der Waals surface area contributed by atoms with Crippen LogP contribution in [0, 0.1) is 5.82 Å². The van der Waals surface area contributed by atoms with Gasteiger partial charge in [-0.3, -0.25) is 9.36 Å². The molecule has 1 fully saturated rings. The number of amides is 1. The molecule has 0 bridgehead atoms. The highest BCUT2D eigenvalue weighted by Crippen LogP contribution is 2.48. The second-order valence-electron chi connectivity index (χ2n) is 10.2. The van der Waals surface area contributed by atoms with Gasteiger partial charge in [0.15, 0.2) is 0 Å². The molecular weight excluding hydrogens is 584 g/mol. The van der Waals surface area contributed by atoms with E-state index in [0.29, 0.717) is 0 Å². The maximum atomic E-state index is 14.8. The summed E-state index contributed by atoms with van der Waals surface area (Å²) in [5, 5.41) is -0.171. The normalized spacial score (nSPS) is 21.2. The van der Waals surface area contributed by atoms with Gasteiger partial charge in [-0.15, -0.1) is 11.8 Å². The number of rotatable bonds is 4. The quantitative estimate of drug-likeness (QED) is 0.283. The Labute approximate surface area is 242 Å². The molecule has 13 heteroatoms. The van der Waals surface area contributed by atoms with Crippen LogP contribution < -0.4 is 10.6 Å². The summed E-state index contributed by atoms with van der Waals surface area (Å²) in [6.45, 7) is 7.78. The van der Waals surface area contributed by atoms with Gasteiger partial charge in [-0.25, -0.2) is 9.18 Å². The Morgan fingerprint density at radius 2 is 1.88 bits per heavy atom. The van der Waals surface area contributed by atoms with E-state index in [1.807, 2.05) is 13.8 Å². The van der Waals surface area contributed by atoms with Crippen molar-refractivity contribution >= 4 is 46.0 Å². The molecule has 0 saturated carbocycles. The molecule has 218 valence electrons. The first-order valence-electron chi connectivity index (χ1n) is 12.8. The van der Waals surface area contributed by atoms with Gasteiger partial charge in [0.1, 0.15) is 11.6 Å². The van der Waals surface area contributed by atoms with Crippen LogP contribution in [0.5, 0.6) is 0 Å². The van der Waals surface area contributed by atoms with E-state index in [1.165, 1.54) is 23.8 Å². The average Bonchev–Trinajstić information content (AvgIpc) is 3.11. The van der Waals surface area contributed by atoms with E-state index in [-0.39, 0.29) is 81.1 Å². The van der Waals surface area contributed by atoms with Gasteiger partial charge in [0.05, 0.1) is 28.8 Å². The van der Waals surface area contributed by atoms with Crippen LogP contribution in [0.2, 0.25) is 5.02 Å². The van der Waals surface area contributed by atoms with Crippen LogP contribution in [0.4, 0.5) is 23.4 Å². The van der Waals surface area contributed by atoms with Crippen molar-refractivity contribution < 1.29 is 27.1 Å². The van der Waals surface area contributed by atoms with E-state index < -0.39 is 29.4 Å². The van der Waals surface area contributed by atoms with E-state index in [1.54, 1.807) is 9.80 Å². The van der Waals surface area contributed by atoms with E-state index in [0.717, 1.165) is 30.0 Å². The SMILES string of the molecule is C=CC(=O)N1[C@H](C)CN(c2nc(=O)n3c4c(c(-c5ccc(F)c(Cl)c5)c(C(F)(F)F)cc24)SC[C@@H](OC)C3)C[C@@H]1C. The number of piperazine rings is 1. The summed E-state index contributed by atoms with van der Waals surface area (Å²) in [4.78, 5) is 33.9. The van der Waals surface area contributed by atoms with Gasteiger partial charge in [0, 0.05) is 53.9 Å². The Balaban J connectivity index is 1.83. The van der Waals surface area contributed by atoms with Crippen molar-refractivity contribution in [2.24, 2.45) is 0 Å². The number of benzene rings is 2. The monoisotopic (exact) mass is 610 g/mol. The fourth-order valence-electron chi connectivity index (χ4n) is 5.72. The number of anilines is 1. The maximum Gasteiger partial charge on any atom is 0.417 e. The topological polar surface area (TPSA) is 67.7 Å². The number of carbonyl (C=O) groups is 1. The van der Waals surface area contributed by atoms with Crippen LogP contribution >= 0.6 is 23.4 Å². The van der Waals surface area contributed by atoms with Gasteiger partial charge in [-0.2, -0.15) is 18.2 Å². The third-order valence-corrected chi connectivity index (χ3v) is 9.01. The lowest BCUT2D eigenvalue weighted by Crippen LogP contribution is -2.58. The molecule has 3 atom stereocenters. The minimum atomic E-state index is -4.80. The zero-order chi connectivity index (χ0) is 29.8. The van der Waals surface area contributed by atoms with Crippen molar-refractivity contribution in [3.05, 3.63) is 63.8 Å². The zero-order valence-electron chi connectivity index (χ0n) is 22.5. The summed E-state index contributed by atoms with van der Waals surface area (Å²) in [6.07, 6.45) is -4.06. The van der Waals surface area contributed by atoms with Gasteiger partial charge in [-0.1, -0.05) is 24.2 Å². The van der Waals surface area contributed by atoms with Gasteiger partial charge >= 0.3 is 11.9 Å². The van der Waals surface area contributed by atoms with E-state index in [4.69, 9.17) is 16.3 Å². The number of ether oxygens (including phenoxy) is 1. The molecule has 0 N–H and O–H groups in total. The van der Waals surface area contributed by atoms with E-state index in [9.17, 15) is 27.2 Å². The second-order valence-corrected chi connectivity index (χ2v) is 11.6. The number of methoxy groups -OCH3 is 1. The van der Waals surface area contributed by atoms with Crippen molar-refractivity contribution in [2.45, 2.75) is 49.7 Å². The fourth-order valence-corrected chi connectivity index (χ4v) is 7.22. The predicted octanol–water partition coefficient (Wildman–Crippen LogP) is 5.61. The largest absolute Gasteiger partial charge is 0.417 e. The molecule has 0 unspecified atom stereocenters. The summed E-state index contributed by atoms with van der Waals surface area (Å²) in [6, 6.07) is 3.78. The first-order valence-corrected chi connectivity index (χ1v) is 14.2. The van der Waals surface area contributed by atoms with E-state index in [2.05, 4.69) is 11.6 Å². The van der Waals surface area contributed by atoms with Crippen LogP contribution in [0.25, 0.3) is 22.0 Å². The molecule has 0 aliphatic carbocycles. The Bertz CT molecular complexity index is 1600. The number of carbonyl (C=O) groups excluding carboxylic acids is 1. The molecule has 3 heterocycles. The van der Waals surface area contributed by atoms with Crippen LogP contribution in [0.15, 0.2) is 46.6 Å². The average molecular weight is 611 g/mol. The zero-order valence-corrected chi connectivity index (χ0v) is 24.0. The molecule has 2 aromatic carbocycles. The molecule has 2 aliphatic heterocycles. The standard InChI is InChI=1S/C28H27ClF4N4O3S/c1-5-22(38)37-14(2)10-35(11-15(37)3)26-18-9-19(28(31,32)33)23(16-6-7-21(30)20(29)8-16)25-24(18)36(27(39)34-26)12-17(40-4)13-41-25/h5-9,14-15,17H,1,10-13H2,2-4H3/t14-,15+,17-/m0/s1. The van der Waals surface area contributed by atoms with Crippen molar-refractivity contribution in [3.63, 3.8) is 0 Å². The van der Waals surface area contributed by atoms with Gasteiger partial charge in [0.2, 0.25) is 5.91 Å². The number of nitrogens with zero attached hydrogens (tertiary/aromatic N) is 4. The summed E-state index contributed by atoms with van der Waals surface area (Å²) in [7, 11) is 1.47. The Hall–Kier alpha value is -3.09. The molecule has 0 spiro atoms. The van der Waals surface area contributed by atoms with Crippen molar-refractivity contribution in [3.8, 4) is 11.1 Å². The molecule has 5 rings (SSSR count). The summed E-state index contributed by atoms with van der Waals surface area (Å²) in [5.41, 5.74) is -1.42. The minimum Gasteiger partial charge on any atom is -0.379 e. The molecule has 2 aliphatic rings. The van der Waals surface area contributed by atoms with Crippen molar-refractivity contribution in [1.82, 2.24) is 14.5 Å². The summed E-state index contributed by atoms with van der Waals surface area (Å²) in [5.74, 6) is -0.641. The first kappa shape index (κ1) is 29.4. The highest BCUT2D eigenvalue weighted by Gasteiger charge is 2.40.